The highest BCUT2D eigenvalue weighted by Crippen LogP contribution is 2.35. The fraction of sp³-hybridized carbons (Fsp3) is 0.263. The largest absolute Gasteiger partial charge is 0.493 e. The Morgan fingerprint density at radius 2 is 2.12 bits per heavy atom. The van der Waals surface area contributed by atoms with Gasteiger partial charge in [-0.05, 0) is 35.4 Å². The Balaban J connectivity index is 1.58. The van der Waals surface area contributed by atoms with Crippen LogP contribution in [0, 0.1) is 0 Å². The SMILES string of the molecule is COc1cccc2c1OCC(CNCC(O)c1cccc(Cl)c1)=C2. The van der Waals surface area contributed by atoms with E-state index in [9.17, 15) is 5.11 Å². The zero-order chi connectivity index (χ0) is 16.9. The second-order valence-electron chi connectivity index (χ2n) is 5.67. The molecule has 3 rings (SSSR count). The van der Waals surface area contributed by atoms with Gasteiger partial charge in [-0.3, -0.25) is 0 Å². The number of para-hydroxylation sites is 1. The topological polar surface area (TPSA) is 50.7 Å². The minimum Gasteiger partial charge on any atom is -0.493 e. The van der Waals surface area contributed by atoms with E-state index in [2.05, 4.69) is 11.4 Å². The molecular weight excluding hydrogens is 326 g/mol. The Morgan fingerprint density at radius 1 is 1.29 bits per heavy atom. The molecule has 1 heterocycles. The van der Waals surface area contributed by atoms with Crippen molar-refractivity contribution in [1.82, 2.24) is 5.32 Å². The Labute approximate surface area is 146 Å². The van der Waals surface area contributed by atoms with Crippen LogP contribution in [0.5, 0.6) is 11.5 Å². The van der Waals surface area contributed by atoms with Gasteiger partial charge in [-0.1, -0.05) is 35.9 Å². The summed E-state index contributed by atoms with van der Waals surface area (Å²) < 4.78 is 11.1. The van der Waals surface area contributed by atoms with Crippen LogP contribution in [-0.2, 0) is 0 Å². The summed E-state index contributed by atoms with van der Waals surface area (Å²) in [6.07, 6.45) is 1.50. The van der Waals surface area contributed by atoms with Crippen LogP contribution >= 0.6 is 11.6 Å². The first-order valence-corrected chi connectivity index (χ1v) is 8.18. The first-order valence-electron chi connectivity index (χ1n) is 7.81. The number of fused-ring (bicyclic) bond motifs is 1. The molecular formula is C19H20ClNO3. The molecule has 2 aromatic carbocycles. The fourth-order valence-electron chi connectivity index (χ4n) is 2.69. The van der Waals surface area contributed by atoms with Crippen LogP contribution in [0.25, 0.3) is 6.08 Å². The maximum absolute atomic E-state index is 10.2. The fourth-order valence-corrected chi connectivity index (χ4v) is 2.89. The number of halogens is 1. The molecule has 5 heteroatoms. The van der Waals surface area contributed by atoms with Crippen LogP contribution in [0.4, 0.5) is 0 Å². The first-order chi connectivity index (χ1) is 11.7. The summed E-state index contributed by atoms with van der Waals surface area (Å²) >= 11 is 5.95. The average molecular weight is 346 g/mol. The minimum atomic E-state index is -0.596. The molecule has 1 aliphatic rings. The lowest BCUT2D eigenvalue weighted by molar-refractivity contribution is 0.175. The van der Waals surface area contributed by atoms with E-state index in [1.54, 1.807) is 19.2 Å². The molecule has 0 aliphatic carbocycles. The molecule has 0 saturated carbocycles. The van der Waals surface area contributed by atoms with E-state index < -0.39 is 6.10 Å². The van der Waals surface area contributed by atoms with Crippen molar-refractivity contribution in [2.45, 2.75) is 6.10 Å². The molecule has 24 heavy (non-hydrogen) atoms. The third kappa shape index (κ3) is 3.90. The van der Waals surface area contributed by atoms with Gasteiger partial charge in [0.1, 0.15) is 6.61 Å². The van der Waals surface area contributed by atoms with E-state index in [-0.39, 0.29) is 0 Å². The van der Waals surface area contributed by atoms with Gasteiger partial charge in [0.05, 0.1) is 13.2 Å². The molecule has 0 saturated heterocycles. The molecule has 0 aromatic heterocycles. The lowest BCUT2D eigenvalue weighted by Gasteiger charge is -2.21. The predicted octanol–water partition coefficient (Wildman–Crippen LogP) is 3.45. The van der Waals surface area contributed by atoms with Gasteiger partial charge in [0.2, 0.25) is 0 Å². The van der Waals surface area contributed by atoms with Gasteiger partial charge in [-0.25, -0.2) is 0 Å². The minimum absolute atomic E-state index is 0.447. The molecule has 0 fully saturated rings. The second kappa shape index (κ2) is 7.71. The summed E-state index contributed by atoms with van der Waals surface area (Å²) in [5.74, 6) is 1.52. The van der Waals surface area contributed by atoms with E-state index in [1.165, 1.54) is 0 Å². The van der Waals surface area contributed by atoms with Gasteiger partial charge in [0.15, 0.2) is 11.5 Å². The number of benzene rings is 2. The van der Waals surface area contributed by atoms with Crippen LogP contribution in [0.2, 0.25) is 5.02 Å². The Hall–Kier alpha value is -2.01. The van der Waals surface area contributed by atoms with E-state index >= 15 is 0 Å². The van der Waals surface area contributed by atoms with Crippen LogP contribution in [0.3, 0.4) is 0 Å². The smallest absolute Gasteiger partial charge is 0.168 e. The average Bonchev–Trinajstić information content (AvgIpc) is 2.61. The third-order valence-corrected chi connectivity index (χ3v) is 4.15. The quantitative estimate of drug-likeness (QED) is 0.842. The van der Waals surface area contributed by atoms with Crippen molar-refractivity contribution in [3.05, 3.63) is 64.2 Å². The number of rotatable bonds is 6. The van der Waals surface area contributed by atoms with Crippen LogP contribution in [-0.4, -0.2) is 31.9 Å². The van der Waals surface area contributed by atoms with Crippen LogP contribution < -0.4 is 14.8 Å². The van der Waals surface area contributed by atoms with Crippen molar-refractivity contribution in [3.8, 4) is 11.5 Å². The molecule has 0 spiro atoms. The van der Waals surface area contributed by atoms with Crippen molar-refractivity contribution >= 4 is 17.7 Å². The summed E-state index contributed by atoms with van der Waals surface area (Å²) in [5.41, 5.74) is 2.93. The molecule has 4 nitrogen and oxygen atoms in total. The Morgan fingerprint density at radius 3 is 2.92 bits per heavy atom. The van der Waals surface area contributed by atoms with Gasteiger partial charge in [-0.2, -0.15) is 0 Å². The summed E-state index contributed by atoms with van der Waals surface area (Å²) in [5, 5.41) is 14.1. The number of nitrogens with one attached hydrogen (secondary N) is 1. The summed E-state index contributed by atoms with van der Waals surface area (Å²) in [4.78, 5) is 0. The van der Waals surface area contributed by atoms with Gasteiger partial charge >= 0.3 is 0 Å². The van der Waals surface area contributed by atoms with Crippen LogP contribution in [0.1, 0.15) is 17.2 Å². The standard InChI is InChI=1S/C19H20ClNO3/c1-23-18-7-3-5-15-8-13(12-24-19(15)18)10-21-11-17(22)14-4-2-6-16(20)9-14/h2-9,17,21-22H,10-12H2,1H3. The van der Waals surface area contributed by atoms with Gasteiger partial charge in [0.25, 0.3) is 0 Å². The number of ether oxygens (including phenoxy) is 2. The van der Waals surface area contributed by atoms with E-state index in [0.29, 0.717) is 24.7 Å². The predicted molar refractivity (Wildman–Crippen MR) is 95.7 cm³/mol. The van der Waals surface area contributed by atoms with Crippen LogP contribution in [0.15, 0.2) is 48.0 Å². The summed E-state index contributed by atoms with van der Waals surface area (Å²) in [6, 6.07) is 13.1. The van der Waals surface area contributed by atoms with Gasteiger partial charge < -0.3 is 19.9 Å². The van der Waals surface area contributed by atoms with Crippen molar-refractivity contribution in [2.24, 2.45) is 0 Å². The number of hydrogen-bond acceptors (Lipinski definition) is 4. The van der Waals surface area contributed by atoms with Gasteiger partial charge in [-0.15, -0.1) is 0 Å². The monoisotopic (exact) mass is 345 g/mol. The lowest BCUT2D eigenvalue weighted by atomic mass is 10.1. The van der Waals surface area contributed by atoms with E-state index in [4.69, 9.17) is 21.1 Å². The molecule has 2 aromatic rings. The normalized spacial score (nSPS) is 14.4. The van der Waals surface area contributed by atoms with E-state index in [1.807, 2.05) is 30.3 Å². The highest BCUT2D eigenvalue weighted by Gasteiger charge is 2.16. The maximum atomic E-state index is 10.2. The third-order valence-electron chi connectivity index (χ3n) is 3.91. The van der Waals surface area contributed by atoms with Gasteiger partial charge in [0, 0.05) is 23.7 Å². The Bertz CT molecular complexity index is 745. The number of methoxy groups -OCH3 is 1. The maximum Gasteiger partial charge on any atom is 0.168 e. The van der Waals surface area contributed by atoms with Crippen molar-refractivity contribution in [2.75, 3.05) is 26.8 Å². The molecule has 0 amide bonds. The highest BCUT2D eigenvalue weighted by molar-refractivity contribution is 6.30. The molecule has 2 N–H and O–H groups in total. The molecule has 1 aliphatic heterocycles. The van der Waals surface area contributed by atoms with E-state index in [0.717, 1.165) is 28.2 Å². The van der Waals surface area contributed by atoms with Crippen molar-refractivity contribution in [1.29, 1.82) is 0 Å². The molecule has 0 radical (unpaired) electrons. The second-order valence-corrected chi connectivity index (χ2v) is 6.11. The first kappa shape index (κ1) is 16.8. The lowest BCUT2D eigenvalue weighted by Crippen LogP contribution is -2.26. The summed E-state index contributed by atoms with van der Waals surface area (Å²) in [6.45, 7) is 1.60. The molecule has 1 unspecified atom stereocenters. The number of hydrogen-bond donors (Lipinski definition) is 2. The molecule has 1 atom stereocenters. The molecule has 0 bridgehead atoms. The van der Waals surface area contributed by atoms with Crippen molar-refractivity contribution in [3.63, 3.8) is 0 Å². The highest BCUT2D eigenvalue weighted by atomic mass is 35.5. The Kier molecular flexibility index (Phi) is 5.41. The number of aliphatic hydroxyl groups excluding tert-OH is 1. The zero-order valence-corrected chi connectivity index (χ0v) is 14.2. The van der Waals surface area contributed by atoms with Crippen molar-refractivity contribution < 1.29 is 14.6 Å². The summed E-state index contributed by atoms with van der Waals surface area (Å²) in [7, 11) is 1.64. The zero-order valence-electron chi connectivity index (χ0n) is 13.5. The molecule has 126 valence electrons. The number of aliphatic hydroxyl groups is 1.